The van der Waals surface area contributed by atoms with Crippen molar-refractivity contribution in [2.75, 3.05) is 13.2 Å². The molecule has 4 nitrogen and oxygen atoms in total. The number of nitrogens with one attached hydrogen (secondary N) is 1. The van der Waals surface area contributed by atoms with Crippen molar-refractivity contribution in [1.82, 2.24) is 5.32 Å². The first-order valence-electron chi connectivity index (χ1n) is 9.98. The van der Waals surface area contributed by atoms with Crippen LogP contribution in [0.5, 0.6) is 11.5 Å². The van der Waals surface area contributed by atoms with Crippen molar-refractivity contribution >= 4 is 5.91 Å². The summed E-state index contributed by atoms with van der Waals surface area (Å²) in [5.41, 5.74) is 5.22. The van der Waals surface area contributed by atoms with Crippen LogP contribution in [0.15, 0.2) is 36.4 Å². The van der Waals surface area contributed by atoms with E-state index in [1.165, 1.54) is 36.0 Å². The Morgan fingerprint density at radius 2 is 1.78 bits per heavy atom. The first-order chi connectivity index (χ1) is 13.2. The quantitative estimate of drug-likeness (QED) is 0.866. The van der Waals surface area contributed by atoms with Crippen LogP contribution in [-0.2, 0) is 24.1 Å². The van der Waals surface area contributed by atoms with E-state index in [2.05, 4.69) is 30.4 Å². The van der Waals surface area contributed by atoms with Gasteiger partial charge in [-0.15, -0.1) is 0 Å². The lowest BCUT2D eigenvalue weighted by molar-refractivity contribution is -0.121. The Morgan fingerprint density at radius 3 is 2.63 bits per heavy atom. The lowest BCUT2D eigenvalue weighted by atomic mass is 9.89. The van der Waals surface area contributed by atoms with Crippen molar-refractivity contribution in [1.29, 1.82) is 0 Å². The monoisotopic (exact) mass is 365 g/mol. The molecule has 0 fully saturated rings. The van der Waals surface area contributed by atoms with Crippen molar-refractivity contribution in [3.8, 4) is 11.5 Å². The predicted molar refractivity (Wildman–Crippen MR) is 105 cm³/mol. The number of ether oxygens (including phenoxy) is 2. The van der Waals surface area contributed by atoms with Crippen LogP contribution in [0, 0.1) is 0 Å². The molecular formula is C23H27NO3. The van der Waals surface area contributed by atoms with Gasteiger partial charge in [-0.1, -0.05) is 24.3 Å². The lowest BCUT2D eigenvalue weighted by Crippen LogP contribution is -2.27. The van der Waals surface area contributed by atoms with Gasteiger partial charge in [0.2, 0.25) is 5.91 Å². The maximum atomic E-state index is 12.4. The Bertz CT molecular complexity index is 830. The smallest absolute Gasteiger partial charge is 0.220 e. The fourth-order valence-electron chi connectivity index (χ4n) is 3.92. The molecule has 1 heterocycles. The number of hydrogen-bond acceptors (Lipinski definition) is 3. The Morgan fingerprint density at radius 1 is 1.00 bits per heavy atom. The molecule has 0 radical (unpaired) electrons. The molecule has 0 saturated heterocycles. The zero-order chi connectivity index (χ0) is 18.6. The summed E-state index contributed by atoms with van der Waals surface area (Å²) in [6, 6.07) is 12.6. The first kappa shape index (κ1) is 17.9. The van der Waals surface area contributed by atoms with Crippen molar-refractivity contribution in [3.05, 3.63) is 58.7 Å². The Labute approximate surface area is 160 Å². The third kappa shape index (κ3) is 4.26. The molecule has 1 aliphatic carbocycles. The highest BCUT2D eigenvalue weighted by Crippen LogP contribution is 2.31. The molecule has 1 N–H and O–H groups in total. The van der Waals surface area contributed by atoms with Gasteiger partial charge in [0.05, 0.1) is 6.04 Å². The minimum Gasteiger partial charge on any atom is -0.486 e. The summed E-state index contributed by atoms with van der Waals surface area (Å²) in [7, 11) is 0. The Balaban J connectivity index is 1.32. The van der Waals surface area contributed by atoms with Gasteiger partial charge in [-0.05, 0) is 73.4 Å². The van der Waals surface area contributed by atoms with Gasteiger partial charge in [-0.25, -0.2) is 0 Å². The number of aryl methyl sites for hydroxylation is 3. The first-order valence-corrected chi connectivity index (χ1v) is 9.98. The van der Waals surface area contributed by atoms with Crippen LogP contribution >= 0.6 is 0 Å². The normalized spacial score (nSPS) is 16.3. The minimum absolute atomic E-state index is 0.0324. The number of amides is 1. The number of fused-ring (bicyclic) bond motifs is 2. The van der Waals surface area contributed by atoms with Gasteiger partial charge in [0.25, 0.3) is 0 Å². The molecule has 1 atom stereocenters. The molecular weight excluding hydrogens is 338 g/mol. The summed E-state index contributed by atoms with van der Waals surface area (Å²) in [5.74, 6) is 1.65. The summed E-state index contributed by atoms with van der Waals surface area (Å²) < 4.78 is 11.2. The topological polar surface area (TPSA) is 47.6 Å². The zero-order valence-corrected chi connectivity index (χ0v) is 15.9. The Hall–Kier alpha value is -2.49. The molecule has 1 amide bonds. The molecule has 0 unspecified atom stereocenters. The molecule has 2 aromatic rings. The lowest BCUT2D eigenvalue weighted by Gasteiger charge is -2.20. The maximum Gasteiger partial charge on any atom is 0.220 e. The van der Waals surface area contributed by atoms with Crippen LogP contribution in [0.4, 0.5) is 0 Å². The van der Waals surface area contributed by atoms with Crippen LogP contribution in [0.1, 0.15) is 54.5 Å². The van der Waals surface area contributed by atoms with E-state index in [1.807, 2.05) is 18.2 Å². The molecule has 142 valence electrons. The molecule has 2 aliphatic rings. The molecule has 0 bridgehead atoms. The largest absolute Gasteiger partial charge is 0.486 e. The van der Waals surface area contributed by atoms with E-state index in [1.54, 1.807) is 0 Å². The number of carbonyl (C=O) groups is 1. The van der Waals surface area contributed by atoms with Gasteiger partial charge >= 0.3 is 0 Å². The highest BCUT2D eigenvalue weighted by molar-refractivity contribution is 5.76. The maximum absolute atomic E-state index is 12.4. The standard InChI is InChI=1S/C23H27NO3/c1-16(19-9-8-18-4-2-3-5-20(18)15-19)24-23(25)11-7-17-6-10-21-22(14-17)27-13-12-26-21/h6,8-10,14-16H,2-5,7,11-13H2,1H3,(H,24,25)/t16-/m0/s1. The highest BCUT2D eigenvalue weighted by atomic mass is 16.6. The van der Waals surface area contributed by atoms with Crippen molar-refractivity contribution < 1.29 is 14.3 Å². The van der Waals surface area contributed by atoms with E-state index in [4.69, 9.17) is 9.47 Å². The molecule has 27 heavy (non-hydrogen) atoms. The second kappa shape index (κ2) is 8.03. The number of benzene rings is 2. The summed E-state index contributed by atoms with van der Waals surface area (Å²) in [6.07, 6.45) is 6.07. The van der Waals surface area contributed by atoms with Crippen LogP contribution in [0.2, 0.25) is 0 Å². The van der Waals surface area contributed by atoms with Crippen LogP contribution in [0.25, 0.3) is 0 Å². The summed E-state index contributed by atoms with van der Waals surface area (Å²) in [5, 5.41) is 3.14. The summed E-state index contributed by atoms with van der Waals surface area (Å²) in [4.78, 5) is 12.4. The van der Waals surface area contributed by atoms with E-state index in [0.29, 0.717) is 26.1 Å². The van der Waals surface area contributed by atoms with Crippen molar-refractivity contribution in [2.24, 2.45) is 0 Å². The molecule has 0 aromatic heterocycles. The van der Waals surface area contributed by atoms with Gasteiger partial charge in [-0.2, -0.15) is 0 Å². The van der Waals surface area contributed by atoms with Gasteiger partial charge in [0.1, 0.15) is 13.2 Å². The second-order valence-electron chi connectivity index (χ2n) is 7.50. The fraction of sp³-hybridized carbons (Fsp3) is 0.435. The molecule has 0 saturated carbocycles. The van der Waals surface area contributed by atoms with E-state index in [9.17, 15) is 4.79 Å². The molecule has 4 rings (SSSR count). The molecule has 1 aliphatic heterocycles. The highest BCUT2D eigenvalue weighted by Gasteiger charge is 2.15. The third-order valence-corrected chi connectivity index (χ3v) is 5.50. The van der Waals surface area contributed by atoms with Crippen LogP contribution < -0.4 is 14.8 Å². The van der Waals surface area contributed by atoms with E-state index < -0.39 is 0 Å². The van der Waals surface area contributed by atoms with E-state index in [0.717, 1.165) is 23.5 Å². The van der Waals surface area contributed by atoms with Crippen LogP contribution in [0.3, 0.4) is 0 Å². The second-order valence-corrected chi connectivity index (χ2v) is 7.50. The van der Waals surface area contributed by atoms with Crippen molar-refractivity contribution in [3.63, 3.8) is 0 Å². The van der Waals surface area contributed by atoms with Gasteiger partial charge in [-0.3, -0.25) is 4.79 Å². The van der Waals surface area contributed by atoms with E-state index in [-0.39, 0.29) is 11.9 Å². The molecule has 2 aromatic carbocycles. The number of carbonyl (C=O) groups excluding carboxylic acids is 1. The average molecular weight is 365 g/mol. The summed E-state index contributed by atoms with van der Waals surface area (Å²) >= 11 is 0. The van der Waals surface area contributed by atoms with Gasteiger partial charge < -0.3 is 14.8 Å². The minimum atomic E-state index is 0.0324. The third-order valence-electron chi connectivity index (χ3n) is 5.50. The molecule has 4 heteroatoms. The van der Waals surface area contributed by atoms with Crippen LogP contribution in [-0.4, -0.2) is 19.1 Å². The molecule has 0 spiro atoms. The SMILES string of the molecule is C[C@H](NC(=O)CCc1ccc2c(c1)OCCO2)c1ccc2c(c1)CCCC2. The average Bonchev–Trinajstić information content (AvgIpc) is 2.71. The van der Waals surface area contributed by atoms with Crippen molar-refractivity contribution in [2.45, 2.75) is 51.5 Å². The summed E-state index contributed by atoms with van der Waals surface area (Å²) in [6.45, 7) is 3.23. The zero-order valence-electron chi connectivity index (χ0n) is 15.9. The van der Waals surface area contributed by atoms with Gasteiger partial charge in [0, 0.05) is 6.42 Å². The number of hydrogen-bond donors (Lipinski definition) is 1. The predicted octanol–water partition coefficient (Wildman–Crippen LogP) is 4.15. The van der Waals surface area contributed by atoms with E-state index >= 15 is 0 Å². The fourth-order valence-corrected chi connectivity index (χ4v) is 3.92. The number of rotatable bonds is 5. The van der Waals surface area contributed by atoms with Gasteiger partial charge in [0.15, 0.2) is 11.5 Å². The Kier molecular flexibility index (Phi) is 5.33.